The van der Waals surface area contributed by atoms with Crippen molar-refractivity contribution in [3.8, 4) is 0 Å². The predicted octanol–water partition coefficient (Wildman–Crippen LogP) is -0.252. The Morgan fingerprint density at radius 1 is 0.833 bits per heavy atom. The van der Waals surface area contributed by atoms with E-state index >= 15 is 0 Å². The lowest BCUT2D eigenvalue weighted by Crippen LogP contribution is -2.67. The molecule has 0 aromatic rings. The van der Waals surface area contributed by atoms with E-state index in [0.717, 1.165) is 27.7 Å². The van der Waals surface area contributed by atoms with E-state index in [4.69, 9.17) is 23.7 Å². The van der Waals surface area contributed by atoms with Crippen LogP contribution in [0.2, 0.25) is 0 Å². The zero-order valence-electron chi connectivity index (χ0n) is 16.3. The van der Waals surface area contributed by atoms with Crippen LogP contribution < -0.4 is 5.32 Å². The molecule has 0 aromatic heterocycles. The van der Waals surface area contributed by atoms with Crippen LogP contribution in [-0.2, 0) is 47.7 Å². The van der Waals surface area contributed by atoms with Crippen molar-refractivity contribution in [3.63, 3.8) is 0 Å². The van der Waals surface area contributed by atoms with Gasteiger partial charge in [0, 0.05) is 27.7 Å². The first-order valence-corrected chi connectivity index (χ1v) is 8.40. The van der Waals surface area contributed by atoms with Crippen molar-refractivity contribution in [2.75, 3.05) is 6.61 Å². The minimum atomic E-state index is -5.34. The minimum absolute atomic E-state index is 0.594. The highest BCUT2D eigenvalue weighted by Crippen LogP contribution is 2.29. The lowest BCUT2D eigenvalue weighted by Gasteiger charge is -2.44. The molecule has 0 bridgehead atoms. The van der Waals surface area contributed by atoms with Gasteiger partial charge >= 0.3 is 36.0 Å². The van der Waals surface area contributed by atoms with Crippen LogP contribution in [0.25, 0.3) is 0 Å². The van der Waals surface area contributed by atoms with Gasteiger partial charge in [-0.3, -0.25) is 24.0 Å². The van der Waals surface area contributed by atoms with Crippen LogP contribution >= 0.6 is 0 Å². The number of carbonyl (C=O) groups excluding carboxylic acids is 5. The molecule has 170 valence electrons. The smallest absolute Gasteiger partial charge is 0.463 e. The van der Waals surface area contributed by atoms with Crippen molar-refractivity contribution in [2.45, 2.75) is 64.5 Å². The Hall–Kier alpha value is -2.90. The molecule has 14 heteroatoms. The normalized spacial score (nSPS) is 26.2. The van der Waals surface area contributed by atoms with Crippen molar-refractivity contribution < 1.29 is 60.8 Å². The Morgan fingerprint density at radius 2 is 1.33 bits per heavy atom. The molecular weight excluding hydrogens is 423 g/mol. The Labute approximate surface area is 168 Å². The van der Waals surface area contributed by atoms with Gasteiger partial charge in [0.15, 0.2) is 12.2 Å². The molecular formula is C16H20F3NO10. The third-order valence-corrected chi connectivity index (χ3v) is 3.54. The molecule has 30 heavy (non-hydrogen) atoms. The molecule has 1 heterocycles. The van der Waals surface area contributed by atoms with Crippen LogP contribution in [0, 0.1) is 0 Å². The molecule has 0 saturated carbocycles. The summed E-state index contributed by atoms with van der Waals surface area (Å²) in [6.45, 7) is 3.22. The van der Waals surface area contributed by atoms with Crippen molar-refractivity contribution in [1.29, 1.82) is 0 Å². The van der Waals surface area contributed by atoms with Crippen molar-refractivity contribution in [3.05, 3.63) is 0 Å². The SMILES string of the molecule is CC(=O)OC[C@H]1O[C@@H](OC(C)=O)[C@H](NC(=O)C(F)(F)F)[C@@H](OC(C)=O)[C@H]1OC(C)=O. The van der Waals surface area contributed by atoms with E-state index in [1.165, 1.54) is 5.32 Å². The number of alkyl halides is 3. The summed E-state index contributed by atoms with van der Waals surface area (Å²) in [5.41, 5.74) is 0. The second kappa shape index (κ2) is 10.2. The maximum absolute atomic E-state index is 12.8. The Kier molecular flexibility index (Phi) is 8.57. The molecule has 0 aliphatic carbocycles. The van der Waals surface area contributed by atoms with Gasteiger partial charge in [0.05, 0.1) is 0 Å². The zero-order valence-corrected chi connectivity index (χ0v) is 16.3. The summed E-state index contributed by atoms with van der Waals surface area (Å²) in [6, 6.07) is -1.91. The van der Waals surface area contributed by atoms with E-state index in [0.29, 0.717) is 0 Å². The fourth-order valence-corrected chi connectivity index (χ4v) is 2.55. The number of amides is 1. The summed E-state index contributed by atoms with van der Waals surface area (Å²) >= 11 is 0. The van der Waals surface area contributed by atoms with Crippen molar-refractivity contribution in [2.24, 2.45) is 0 Å². The number of rotatable bonds is 6. The standard InChI is InChI=1S/C16H20F3NO10/c1-6(21)26-5-10-12(27-7(2)22)13(28-8(3)23)11(14(30-10)29-9(4)24)20-15(25)16(17,18)19/h10-14H,5H2,1-4H3,(H,20,25)/t10-,11-,12+,13-,14-/m1/s1. The predicted molar refractivity (Wildman–Crippen MR) is 86.2 cm³/mol. The number of hydrogen-bond donors (Lipinski definition) is 1. The monoisotopic (exact) mass is 443 g/mol. The maximum Gasteiger partial charge on any atom is 0.471 e. The van der Waals surface area contributed by atoms with E-state index in [1.807, 2.05) is 0 Å². The first-order chi connectivity index (χ1) is 13.7. The summed E-state index contributed by atoms with van der Waals surface area (Å²) in [4.78, 5) is 57.0. The van der Waals surface area contributed by atoms with E-state index in [1.54, 1.807) is 0 Å². The molecule has 5 atom stereocenters. The third kappa shape index (κ3) is 7.50. The number of hydrogen-bond acceptors (Lipinski definition) is 10. The van der Waals surface area contributed by atoms with Crippen LogP contribution in [-0.4, -0.2) is 73.2 Å². The van der Waals surface area contributed by atoms with Gasteiger partial charge in [0.25, 0.3) is 0 Å². The highest BCUT2D eigenvalue weighted by atomic mass is 19.4. The van der Waals surface area contributed by atoms with E-state index in [-0.39, 0.29) is 0 Å². The molecule has 1 aliphatic heterocycles. The van der Waals surface area contributed by atoms with Crippen LogP contribution in [0.5, 0.6) is 0 Å². The lowest BCUT2D eigenvalue weighted by molar-refractivity contribution is -0.272. The van der Waals surface area contributed by atoms with Gasteiger partial charge in [-0.2, -0.15) is 13.2 Å². The first-order valence-electron chi connectivity index (χ1n) is 8.40. The summed E-state index contributed by atoms with van der Waals surface area (Å²) < 4.78 is 63.2. The number of esters is 4. The van der Waals surface area contributed by atoms with Gasteiger partial charge in [0.2, 0.25) is 6.29 Å². The quantitative estimate of drug-likeness (QED) is 0.431. The van der Waals surface area contributed by atoms with Gasteiger partial charge in [-0.1, -0.05) is 0 Å². The molecule has 1 amide bonds. The van der Waals surface area contributed by atoms with E-state index in [2.05, 4.69) is 0 Å². The van der Waals surface area contributed by atoms with E-state index < -0.39 is 73.2 Å². The fourth-order valence-electron chi connectivity index (χ4n) is 2.55. The second-order valence-corrected chi connectivity index (χ2v) is 6.10. The average molecular weight is 443 g/mol. The lowest BCUT2D eigenvalue weighted by atomic mass is 9.96. The molecule has 1 saturated heterocycles. The fraction of sp³-hybridized carbons (Fsp3) is 0.688. The van der Waals surface area contributed by atoms with Crippen LogP contribution in [0.3, 0.4) is 0 Å². The van der Waals surface area contributed by atoms with Crippen molar-refractivity contribution >= 4 is 29.8 Å². The molecule has 0 radical (unpaired) electrons. The Morgan fingerprint density at radius 3 is 1.77 bits per heavy atom. The minimum Gasteiger partial charge on any atom is -0.463 e. The largest absolute Gasteiger partial charge is 0.471 e. The molecule has 1 aliphatic rings. The molecule has 0 spiro atoms. The van der Waals surface area contributed by atoms with E-state index in [9.17, 15) is 37.1 Å². The van der Waals surface area contributed by atoms with Crippen LogP contribution in [0.15, 0.2) is 0 Å². The summed E-state index contributed by atoms with van der Waals surface area (Å²) in [5, 5.41) is 1.52. The van der Waals surface area contributed by atoms with Gasteiger partial charge in [0.1, 0.15) is 18.8 Å². The molecule has 11 nitrogen and oxygen atoms in total. The highest BCUT2D eigenvalue weighted by molar-refractivity contribution is 5.82. The van der Waals surface area contributed by atoms with Crippen molar-refractivity contribution in [1.82, 2.24) is 5.32 Å². The van der Waals surface area contributed by atoms with Gasteiger partial charge in [-0.15, -0.1) is 0 Å². The summed E-state index contributed by atoms with van der Waals surface area (Å²) in [5.74, 6) is -6.20. The average Bonchev–Trinajstić information content (AvgIpc) is 2.56. The molecule has 0 unspecified atom stereocenters. The number of nitrogens with one attached hydrogen (secondary N) is 1. The Balaban J connectivity index is 3.39. The summed E-state index contributed by atoms with van der Waals surface area (Å²) in [6.07, 6.45) is -12.0. The molecule has 0 aromatic carbocycles. The molecule has 1 rings (SSSR count). The van der Waals surface area contributed by atoms with Gasteiger partial charge in [-0.05, 0) is 0 Å². The van der Waals surface area contributed by atoms with Gasteiger partial charge in [-0.25, -0.2) is 0 Å². The van der Waals surface area contributed by atoms with Crippen LogP contribution in [0.1, 0.15) is 27.7 Å². The Bertz CT molecular complexity index is 695. The molecule has 1 N–H and O–H groups in total. The second-order valence-electron chi connectivity index (χ2n) is 6.10. The first kappa shape index (κ1) is 25.1. The van der Waals surface area contributed by atoms with Crippen LogP contribution in [0.4, 0.5) is 13.2 Å². The summed E-state index contributed by atoms with van der Waals surface area (Å²) in [7, 11) is 0. The molecule has 1 fully saturated rings. The number of ether oxygens (including phenoxy) is 5. The topological polar surface area (TPSA) is 144 Å². The number of halogens is 3. The number of carbonyl (C=O) groups is 5. The third-order valence-electron chi connectivity index (χ3n) is 3.54. The maximum atomic E-state index is 12.8. The van der Waals surface area contributed by atoms with Gasteiger partial charge < -0.3 is 29.0 Å². The zero-order chi connectivity index (χ0) is 23.2. The highest BCUT2D eigenvalue weighted by Gasteiger charge is 2.54.